The lowest BCUT2D eigenvalue weighted by atomic mass is 10.5. The Labute approximate surface area is 61.5 Å². The summed E-state index contributed by atoms with van der Waals surface area (Å²) in [6.07, 6.45) is 2.03. The molecule has 60 valence electrons. The summed E-state index contributed by atoms with van der Waals surface area (Å²) in [4.78, 5) is 9.82. The molecule has 0 N–H and O–H groups in total. The molecular formula is C6H13O3P. The van der Waals surface area contributed by atoms with E-state index in [2.05, 4.69) is 0 Å². The molecule has 0 saturated carbocycles. The van der Waals surface area contributed by atoms with Crippen molar-refractivity contribution in [3.05, 3.63) is 0 Å². The van der Waals surface area contributed by atoms with Crippen LogP contribution >= 0.6 is 7.80 Å². The summed E-state index contributed by atoms with van der Waals surface area (Å²) in [7, 11) is -1.75. The second-order valence-electron chi connectivity index (χ2n) is 1.96. The predicted molar refractivity (Wildman–Crippen MR) is 41.0 cm³/mol. The first-order valence-corrected chi connectivity index (χ1v) is 5.16. The zero-order chi connectivity index (χ0) is 7.82. The van der Waals surface area contributed by atoms with Gasteiger partial charge in [-0.15, -0.1) is 0 Å². The average molecular weight is 164 g/mol. The van der Waals surface area contributed by atoms with Crippen LogP contribution in [-0.2, 0) is 14.1 Å². The van der Waals surface area contributed by atoms with Crippen LogP contribution in [0.25, 0.3) is 0 Å². The molecule has 0 spiro atoms. The number of aldehydes is 1. The average Bonchev–Trinajstić information content (AvgIpc) is 1.89. The van der Waals surface area contributed by atoms with E-state index in [-0.39, 0.29) is 12.5 Å². The minimum absolute atomic E-state index is 0.161. The maximum absolute atomic E-state index is 10.7. The first-order chi connectivity index (χ1) is 4.81. The number of rotatable bonds is 6. The summed E-state index contributed by atoms with van der Waals surface area (Å²) in [6, 6.07) is 0. The lowest BCUT2D eigenvalue weighted by Crippen LogP contribution is -1.93. The lowest BCUT2D eigenvalue weighted by molar-refractivity contribution is -0.105. The van der Waals surface area contributed by atoms with E-state index >= 15 is 0 Å². The summed E-state index contributed by atoms with van der Waals surface area (Å²) < 4.78 is 15.7. The fourth-order valence-corrected chi connectivity index (χ4v) is 1.16. The van der Waals surface area contributed by atoms with Crippen molar-refractivity contribution >= 4 is 14.1 Å². The molecule has 0 aromatic heterocycles. The van der Waals surface area contributed by atoms with Crippen molar-refractivity contribution in [2.45, 2.75) is 13.3 Å². The molecular weight excluding hydrogens is 151 g/mol. The molecule has 10 heavy (non-hydrogen) atoms. The van der Waals surface area contributed by atoms with E-state index in [1.54, 1.807) is 0 Å². The molecule has 1 atom stereocenters. The Balaban J connectivity index is 3.13. The highest BCUT2D eigenvalue weighted by molar-refractivity contribution is 7.45. The van der Waals surface area contributed by atoms with Crippen molar-refractivity contribution in [2.24, 2.45) is 0 Å². The normalized spacial score (nSPS) is 12.9. The summed E-state index contributed by atoms with van der Waals surface area (Å²) >= 11 is 0. The number of ether oxygens (including phenoxy) is 1. The van der Waals surface area contributed by atoms with Crippen molar-refractivity contribution in [3.63, 3.8) is 0 Å². The Kier molecular flexibility index (Phi) is 6.88. The van der Waals surface area contributed by atoms with Crippen LogP contribution in [0.1, 0.15) is 13.3 Å². The SMILES string of the molecule is CCCOC[PH](=O)CC=O. The topological polar surface area (TPSA) is 43.4 Å². The Morgan fingerprint density at radius 1 is 1.60 bits per heavy atom. The number of hydrogen-bond donors (Lipinski definition) is 0. The van der Waals surface area contributed by atoms with Gasteiger partial charge in [0.05, 0.1) is 12.5 Å². The van der Waals surface area contributed by atoms with Crippen LogP contribution in [0.15, 0.2) is 0 Å². The van der Waals surface area contributed by atoms with E-state index in [9.17, 15) is 9.36 Å². The molecule has 0 aliphatic rings. The van der Waals surface area contributed by atoms with Crippen LogP contribution in [-0.4, -0.2) is 25.4 Å². The van der Waals surface area contributed by atoms with Gasteiger partial charge in [0.1, 0.15) is 14.1 Å². The van der Waals surface area contributed by atoms with Crippen LogP contribution < -0.4 is 0 Å². The molecule has 0 aromatic carbocycles. The highest BCUT2D eigenvalue weighted by Gasteiger charge is 1.96. The smallest absolute Gasteiger partial charge is 0.127 e. The first kappa shape index (κ1) is 9.86. The highest BCUT2D eigenvalue weighted by atomic mass is 31.1. The zero-order valence-corrected chi connectivity index (χ0v) is 7.13. The molecule has 0 fully saturated rings. The van der Waals surface area contributed by atoms with Crippen molar-refractivity contribution < 1.29 is 14.1 Å². The Bertz CT molecular complexity index is 114. The van der Waals surface area contributed by atoms with Gasteiger partial charge in [-0.2, -0.15) is 0 Å². The summed E-state index contributed by atoms with van der Waals surface area (Å²) in [6.45, 7) is 2.62. The second kappa shape index (κ2) is 6.97. The van der Waals surface area contributed by atoms with Crippen LogP contribution in [0.3, 0.4) is 0 Å². The van der Waals surface area contributed by atoms with E-state index in [1.807, 2.05) is 6.92 Å². The van der Waals surface area contributed by atoms with E-state index in [4.69, 9.17) is 4.74 Å². The van der Waals surface area contributed by atoms with Gasteiger partial charge in [-0.3, -0.25) is 0 Å². The third-order valence-electron chi connectivity index (χ3n) is 0.923. The lowest BCUT2D eigenvalue weighted by Gasteiger charge is -1.98. The monoisotopic (exact) mass is 164 g/mol. The van der Waals surface area contributed by atoms with E-state index in [0.29, 0.717) is 12.9 Å². The minimum Gasteiger partial charge on any atom is -0.374 e. The molecule has 0 rings (SSSR count). The largest absolute Gasteiger partial charge is 0.374 e. The van der Waals surface area contributed by atoms with Gasteiger partial charge in [0.25, 0.3) is 0 Å². The van der Waals surface area contributed by atoms with Crippen molar-refractivity contribution in [3.8, 4) is 0 Å². The third kappa shape index (κ3) is 5.99. The fourth-order valence-electron chi connectivity index (χ4n) is 0.482. The maximum Gasteiger partial charge on any atom is 0.127 e. The maximum atomic E-state index is 10.7. The van der Waals surface area contributed by atoms with Crippen molar-refractivity contribution in [2.75, 3.05) is 19.1 Å². The molecule has 0 saturated heterocycles. The molecule has 0 heterocycles. The molecule has 0 bridgehead atoms. The second-order valence-corrected chi connectivity index (χ2v) is 3.74. The van der Waals surface area contributed by atoms with Gasteiger partial charge in [0, 0.05) is 6.61 Å². The number of hydrogen-bond acceptors (Lipinski definition) is 3. The van der Waals surface area contributed by atoms with Crippen molar-refractivity contribution in [1.29, 1.82) is 0 Å². The van der Waals surface area contributed by atoms with E-state index in [0.717, 1.165) is 6.42 Å². The molecule has 1 unspecified atom stereocenters. The Morgan fingerprint density at radius 3 is 2.80 bits per heavy atom. The number of carbonyl (C=O) groups excluding carboxylic acids is 1. The molecule has 0 amide bonds. The fraction of sp³-hybridized carbons (Fsp3) is 0.833. The summed E-state index contributed by atoms with van der Waals surface area (Å²) in [5, 5.41) is 0. The van der Waals surface area contributed by atoms with Crippen LogP contribution in [0.4, 0.5) is 0 Å². The Morgan fingerprint density at radius 2 is 2.30 bits per heavy atom. The van der Waals surface area contributed by atoms with Gasteiger partial charge in [0.15, 0.2) is 0 Å². The molecule has 3 nitrogen and oxygen atoms in total. The van der Waals surface area contributed by atoms with Gasteiger partial charge >= 0.3 is 0 Å². The quantitative estimate of drug-likeness (QED) is 0.335. The number of carbonyl (C=O) groups is 1. The molecule has 4 heteroatoms. The predicted octanol–water partition coefficient (Wildman–Crippen LogP) is 1.13. The van der Waals surface area contributed by atoms with Gasteiger partial charge in [-0.25, -0.2) is 0 Å². The van der Waals surface area contributed by atoms with Crippen LogP contribution in [0.5, 0.6) is 0 Å². The van der Waals surface area contributed by atoms with E-state index in [1.165, 1.54) is 0 Å². The third-order valence-corrected chi connectivity index (χ3v) is 2.07. The Hall–Kier alpha value is -0.140. The first-order valence-electron chi connectivity index (χ1n) is 3.34. The van der Waals surface area contributed by atoms with Gasteiger partial charge in [-0.05, 0) is 6.42 Å². The van der Waals surface area contributed by atoms with Gasteiger partial charge < -0.3 is 14.1 Å². The molecule has 0 radical (unpaired) electrons. The minimum atomic E-state index is -1.75. The molecule has 0 aliphatic carbocycles. The molecule has 0 aromatic rings. The van der Waals surface area contributed by atoms with Crippen LogP contribution in [0.2, 0.25) is 0 Å². The highest BCUT2D eigenvalue weighted by Crippen LogP contribution is 2.17. The van der Waals surface area contributed by atoms with Crippen LogP contribution in [0, 0.1) is 0 Å². The molecule has 0 aliphatic heterocycles. The standard InChI is InChI=1S/C6H13O3P/c1-2-4-9-6-10(8)5-3-7/h3,10H,2,4-6H2,1H3. The van der Waals surface area contributed by atoms with E-state index < -0.39 is 7.80 Å². The summed E-state index contributed by atoms with van der Waals surface area (Å²) in [5.41, 5.74) is 0. The summed E-state index contributed by atoms with van der Waals surface area (Å²) in [5.74, 6) is 0. The van der Waals surface area contributed by atoms with Crippen molar-refractivity contribution in [1.82, 2.24) is 0 Å². The van der Waals surface area contributed by atoms with Gasteiger partial charge in [-0.1, -0.05) is 6.92 Å². The zero-order valence-electron chi connectivity index (χ0n) is 6.13. The van der Waals surface area contributed by atoms with Gasteiger partial charge in [0.2, 0.25) is 0 Å².